The van der Waals surface area contributed by atoms with Gasteiger partial charge in [-0.15, -0.1) is 0 Å². The highest BCUT2D eigenvalue weighted by molar-refractivity contribution is 9.10. The van der Waals surface area contributed by atoms with E-state index >= 15 is 0 Å². The first-order valence-corrected chi connectivity index (χ1v) is 9.87. The highest BCUT2D eigenvalue weighted by Crippen LogP contribution is 2.20. The van der Waals surface area contributed by atoms with Crippen LogP contribution in [0, 0.1) is 5.82 Å². The molecule has 0 aliphatic rings. The van der Waals surface area contributed by atoms with E-state index in [2.05, 4.69) is 62.8 Å². The Bertz CT molecular complexity index is 1030. The minimum Gasteiger partial charge on any atom is -0.306 e. The largest absolute Gasteiger partial charge is 0.306 e. The number of aromatic nitrogens is 2. The van der Waals surface area contributed by atoms with Crippen LogP contribution in [0.5, 0.6) is 0 Å². The third kappa shape index (κ3) is 6.36. The summed E-state index contributed by atoms with van der Waals surface area (Å²) in [5.74, 6) is -0.514. The van der Waals surface area contributed by atoms with Crippen LogP contribution in [0.4, 0.5) is 15.9 Å². The van der Waals surface area contributed by atoms with Crippen molar-refractivity contribution >= 4 is 55.5 Å². The van der Waals surface area contributed by atoms with Crippen molar-refractivity contribution in [1.82, 2.24) is 10.3 Å². The number of oxime groups is 1. The number of nitrogens with zero attached hydrogens (tertiary/aromatic N) is 3. The molecule has 2 N–H and O–H groups in total. The fraction of sp³-hybridized carbons (Fsp3) is 0.111. The van der Waals surface area contributed by atoms with Gasteiger partial charge in [-0.1, -0.05) is 33.2 Å². The van der Waals surface area contributed by atoms with Gasteiger partial charge in [0.15, 0.2) is 5.69 Å². The molecular formula is C18H14Br2FN5O3. The molecule has 0 spiro atoms. The number of benzene rings is 2. The number of hydrogen-bond donors (Lipinski definition) is 2. The molecule has 0 saturated carbocycles. The van der Waals surface area contributed by atoms with Crippen molar-refractivity contribution in [3.8, 4) is 0 Å². The van der Waals surface area contributed by atoms with Gasteiger partial charge in [-0.25, -0.2) is 9.02 Å². The van der Waals surface area contributed by atoms with E-state index in [1.54, 1.807) is 0 Å². The predicted molar refractivity (Wildman–Crippen MR) is 112 cm³/mol. The van der Waals surface area contributed by atoms with Crippen molar-refractivity contribution in [2.45, 2.75) is 12.8 Å². The number of anilines is 2. The highest BCUT2D eigenvalue weighted by atomic mass is 79.9. The molecule has 3 aromatic rings. The van der Waals surface area contributed by atoms with Crippen LogP contribution in [0.25, 0.3) is 0 Å². The van der Waals surface area contributed by atoms with Crippen LogP contribution in [0.1, 0.15) is 17.7 Å². The summed E-state index contributed by atoms with van der Waals surface area (Å²) < 4.78 is 19.1. The molecule has 0 aliphatic carbocycles. The van der Waals surface area contributed by atoms with E-state index in [0.717, 1.165) is 10.0 Å². The molecule has 0 unspecified atom stereocenters. The molecule has 1 aromatic heterocycles. The first-order valence-electron chi connectivity index (χ1n) is 8.28. The summed E-state index contributed by atoms with van der Waals surface area (Å²) in [6.07, 6.45) is 2.05. The third-order valence-corrected chi connectivity index (χ3v) is 4.71. The molecule has 0 radical (unpaired) electrons. The third-order valence-electron chi connectivity index (χ3n) is 3.61. The zero-order chi connectivity index (χ0) is 20.6. The topological polar surface area (TPSA) is 102 Å². The van der Waals surface area contributed by atoms with Crippen LogP contribution in [0.15, 0.2) is 61.2 Å². The van der Waals surface area contributed by atoms with Crippen molar-refractivity contribution in [3.05, 3.63) is 68.5 Å². The lowest BCUT2D eigenvalue weighted by atomic mass is 10.1. The van der Waals surface area contributed by atoms with E-state index < -0.39 is 5.82 Å². The standard InChI is InChI=1S/C18H14Br2FN5O3/c19-12-3-1-2-11(8-12)4-7-17(27)23-18-16(25-29-26-18)10-22-28-24-13-5-6-15(21)14(20)9-13/h1-3,5-6,8-10,24H,4,7H2,(H,23,26,27)/b22-10+. The maximum atomic E-state index is 13.2. The zero-order valence-corrected chi connectivity index (χ0v) is 17.9. The van der Waals surface area contributed by atoms with Gasteiger partial charge in [0, 0.05) is 10.9 Å². The lowest BCUT2D eigenvalue weighted by Gasteiger charge is -2.04. The molecule has 8 nitrogen and oxygen atoms in total. The number of rotatable bonds is 8. The van der Waals surface area contributed by atoms with Gasteiger partial charge in [0.05, 0.1) is 10.2 Å². The van der Waals surface area contributed by atoms with Crippen LogP contribution >= 0.6 is 31.9 Å². The maximum Gasteiger partial charge on any atom is 0.226 e. The smallest absolute Gasteiger partial charge is 0.226 e. The molecule has 11 heteroatoms. The molecule has 0 bridgehead atoms. The summed E-state index contributed by atoms with van der Waals surface area (Å²) in [4.78, 5) is 17.1. The monoisotopic (exact) mass is 525 g/mol. The number of amides is 1. The van der Waals surface area contributed by atoms with Crippen LogP contribution in [-0.2, 0) is 16.2 Å². The highest BCUT2D eigenvalue weighted by Gasteiger charge is 2.12. The van der Waals surface area contributed by atoms with E-state index in [1.807, 2.05) is 24.3 Å². The molecule has 0 fully saturated rings. The second-order valence-electron chi connectivity index (χ2n) is 5.73. The van der Waals surface area contributed by atoms with Gasteiger partial charge >= 0.3 is 0 Å². The number of nitrogens with one attached hydrogen (secondary N) is 2. The van der Waals surface area contributed by atoms with E-state index in [-0.39, 0.29) is 28.3 Å². The van der Waals surface area contributed by atoms with Crippen LogP contribution in [0.2, 0.25) is 0 Å². The van der Waals surface area contributed by atoms with Crippen molar-refractivity contribution < 1.29 is 18.8 Å². The number of carbonyl (C=O) groups excluding carboxylic acids is 1. The molecule has 29 heavy (non-hydrogen) atoms. The van der Waals surface area contributed by atoms with E-state index in [9.17, 15) is 9.18 Å². The van der Waals surface area contributed by atoms with Gasteiger partial charge in [0.2, 0.25) is 11.7 Å². The van der Waals surface area contributed by atoms with E-state index in [0.29, 0.717) is 12.1 Å². The molecule has 3 rings (SSSR count). The van der Waals surface area contributed by atoms with Crippen LogP contribution < -0.4 is 10.8 Å². The van der Waals surface area contributed by atoms with Gasteiger partial charge in [-0.2, -0.15) is 5.48 Å². The Labute approximate surface area is 181 Å². The van der Waals surface area contributed by atoms with Crippen LogP contribution in [0.3, 0.4) is 0 Å². The fourth-order valence-electron chi connectivity index (χ4n) is 2.23. The van der Waals surface area contributed by atoms with Crippen molar-refractivity contribution in [3.63, 3.8) is 0 Å². The first kappa shape index (κ1) is 20.9. The lowest BCUT2D eigenvalue weighted by Crippen LogP contribution is -2.14. The lowest BCUT2D eigenvalue weighted by molar-refractivity contribution is -0.116. The van der Waals surface area contributed by atoms with E-state index in [4.69, 9.17) is 4.94 Å². The minimum atomic E-state index is -0.395. The molecule has 2 aromatic carbocycles. The Kier molecular flexibility index (Phi) is 7.30. The summed E-state index contributed by atoms with van der Waals surface area (Å²) >= 11 is 6.46. The summed E-state index contributed by atoms with van der Waals surface area (Å²) in [6, 6.07) is 11.9. The normalized spacial score (nSPS) is 10.9. The molecule has 150 valence electrons. The van der Waals surface area contributed by atoms with Gasteiger partial charge in [-0.3, -0.25) is 9.73 Å². The number of aryl methyl sites for hydroxylation is 1. The molecule has 0 saturated heterocycles. The van der Waals surface area contributed by atoms with Gasteiger partial charge in [-0.05, 0) is 68.6 Å². The van der Waals surface area contributed by atoms with E-state index in [1.165, 1.54) is 24.4 Å². The van der Waals surface area contributed by atoms with Gasteiger partial charge < -0.3 is 5.32 Å². The van der Waals surface area contributed by atoms with Crippen molar-refractivity contribution in [2.24, 2.45) is 5.16 Å². The Hall–Kier alpha value is -2.79. The second-order valence-corrected chi connectivity index (χ2v) is 7.50. The van der Waals surface area contributed by atoms with Crippen molar-refractivity contribution in [1.29, 1.82) is 0 Å². The first-order chi connectivity index (χ1) is 14.0. The fourth-order valence-corrected chi connectivity index (χ4v) is 3.05. The van der Waals surface area contributed by atoms with Crippen LogP contribution in [-0.4, -0.2) is 22.4 Å². The molecule has 1 amide bonds. The van der Waals surface area contributed by atoms with Gasteiger partial charge in [0.25, 0.3) is 0 Å². The Morgan fingerprint density at radius 1 is 1.24 bits per heavy atom. The van der Waals surface area contributed by atoms with Crippen molar-refractivity contribution in [2.75, 3.05) is 10.8 Å². The number of halogens is 3. The minimum absolute atomic E-state index is 0.126. The SMILES string of the molecule is O=C(CCc1cccc(Br)c1)Nc1nonc1/C=N/ONc1ccc(F)c(Br)c1. The molecule has 0 aliphatic heterocycles. The number of carbonyl (C=O) groups is 1. The number of hydrogen-bond acceptors (Lipinski definition) is 7. The molecule has 1 heterocycles. The average Bonchev–Trinajstić information content (AvgIpc) is 3.13. The average molecular weight is 527 g/mol. The van der Waals surface area contributed by atoms with Gasteiger partial charge in [0.1, 0.15) is 12.0 Å². The maximum absolute atomic E-state index is 13.2. The summed E-state index contributed by atoms with van der Waals surface area (Å²) in [6.45, 7) is 0. The summed E-state index contributed by atoms with van der Waals surface area (Å²) in [7, 11) is 0. The Morgan fingerprint density at radius 2 is 2.10 bits per heavy atom. The Morgan fingerprint density at radius 3 is 2.90 bits per heavy atom. The molecule has 0 atom stereocenters. The zero-order valence-electron chi connectivity index (χ0n) is 14.7. The second kappa shape index (κ2) is 10.1. The summed E-state index contributed by atoms with van der Waals surface area (Å²) in [5, 5.41) is 13.6. The molecular weight excluding hydrogens is 513 g/mol. The Balaban J connectivity index is 1.49. The summed E-state index contributed by atoms with van der Waals surface area (Å²) in [5.41, 5.74) is 4.21. The predicted octanol–water partition coefficient (Wildman–Crippen LogP) is 4.68. The quantitative estimate of drug-likeness (QED) is 0.326.